The minimum atomic E-state index is -0.715. The van der Waals surface area contributed by atoms with Crippen molar-refractivity contribution in [1.82, 2.24) is 14.7 Å². The first-order valence-corrected chi connectivity index (χ1v) is 16.2. The van der Waals surface area contributed by atoms with Crippen LogP contribution in [-0.2, 0) is 16.1 Å². The molecule has 0 atom stereocenters. The zero-order valence-electron chi connectivity index (χ0n) is 26.5. The number of unbranched alkanes of at least 4 members (excludes halogenated alkanes) is 5. The summed E-state index contributed by atoms with van der Waals surface area (Å²) >= 11 is 5.78. The van der Waals surface area contributed by atoms with Crippen molar-refractivity contribution in [3.8, 4) is 0 Å². The van der Waals surface area contributed by atoms with E-state index in [-0.39, 0.29) is 24.4 Å². The monoisotopic (exact) mass is 619 g/mol. The van der Waals surface area contributed by atoms with Crippen LogP contribution in [0, 0.1) is 0 Å². The number of esters is 1. The third-order valence-electron chi connectivity index (χ3n) is 9.15. The highest BCUT2D eigenvalue weighted by Gasteiger charge is 2.49. The third kappa shape index (κ3) is 6.76. The molecule has 0 radical (unpaired) electrons. The average Bonchev–Trinajstić information content (AvgIpc) is 3.46. The van der Waals surface area contributed by atoms with Crippen LogP contribution in [0.25, 0.3) is 0 Å². The van der Waals surface area contributed by atoms with Crippen LogP contribution in [0.5, 0.6) is 0 Å². The van der Waals surface area contributed by atoms with Crippen LogP contribution < -0.4 is 9.80 Å². The number of anilines is 2. The molecular weight excluding hydrogens is 574 g/mol. The Bertz CT molecular complexity index is 1380. The molecule has 2 aromatic rings. The number of amides is 2. The van der Waals surface area contributed by atoms with Crippen LogP contribution in [0.4, 0.5) is 11.4 Å². The molecule has 236 valence electrons. The van der Waals surface area contributed by atoms with Crippen LogP contribution in [0.1, 0.15) is 78.7 Å². The maximum Gasteiger partial charge on any atom is 0.338 e. The lowest BCUT2D eigenvalue weighted by molar-refractivity contribution is -0.123. The molecule has 0 spiro atoms. The lowest BCUT2D eigenvalue weighted by atomic mass is 10.0. The standard InChI is InChI=1S/C34H45N5O4S/c1-34(2)32(42)39(28-15-16-29-26(23-28)24-43-31(29)41)33(44)38(34)18-10-8-6-5-7-9-17-36-19-21-37(22-20-36)30(40)25-11-13-27(14-12-25)35(3)4/h11-16,23H,5-10,17-22,24H2,1-4H3. The van der Waals surface area contributed by atoms with E-state index in [0.717, 1.165) is 75.3 Å². The Morgan fingerprint density at radius 3 is 2.18 bits per heavy atom. The molecular formula is C34H45N5O4S. The molecule has 0 aliphatic carbocycles. The second-order valence-corrected chi connectivity index (χ2v) is 13.1. The van der Waals surface area contributed by atoms with Gasteiger partial charge in [0.25, 0.3) is 11.8 Å². The second kappa shape index (κ2) is 13.6. The van der Waals surface area contributed by atoms with E-state index in [2.05, 4.69) is 4.90 Å². The number of fused-ring (bicyclic) bond motifs is 1. The van der Waals surface area contributed by atoms with Crippen LogP contribution in [0.2, 0.25) is 0 Å². The normalized spacial score (nSPS) is 18.2. The second-order valence-electron chi connectivity index (χ2n) is 12.7. The zero-order valence-corrected chi connectivity index (χ0v) is 27.3. The minimum Gasteiger partial charge on any atom is -0.457 e. The molecule has 3 aliphatic heterocycles. The van der Waals surface area contributed by atoms with Crippen molar-refractivity contribution in [2.45, 2.75) is 64.5 Å². The van der Waals surface area contributed by atoms with E-state index in [1.807, 2.05) is 73.0 Å². The van der Waals surface area contributed by atoms with Crippen molar-refractivity contribution < 1.29 is 19.1 Å². The lowest BCUT2D eigenvalue weighted by Gasteiger charge is -2.34. The molecule has 0 N–H and O–H groups in total. The number of piperazine rings is 1. The SMILES string of the molecule is CN(C)c1ccc(C(=O)N2CCN(CCCCCCCCN3C(=S)N(c4ccc5c(c4)COC5=O)C(=O)C3(C)C)CC2)cc1. The molecule has 0 saturated carbocycles. The summed E-state index contributed by atoms with van der Waals surface area (Å²) in [4.78, 5) is 48.2. The number of carbonyl (C=O) groups excluding carboxylic acids is 3. The van der Waals surface area contributed by atoms with E-state index in [4.69, 9.17) is 17.0 Å². The van der Waals surface area contributed by atoms with Gasteiger partial charge in [-0.05, 0) is 87.9 Å². The number of hydrogen-bond donors (Lipinski definition) is 0. The summed E-state index contributed by atoms with van der Waals surface area (Å²) in [5.74, 6) is -0.240. The highest BCUT2D eigenvalue weighted by molar-refractivity contribution is 7.80. The smallest absolute Gasteiger partial charge is 0.338 e. The van der Waals surface area contributed by atoms with Crippen molar-refractivity contribution in [3.63, 3.8) is 0 Å². The number of ether oxygens (including phenoxy) is 1. The summed E-state index contributed by atoms with van der Waals surface area (Å²) in [5, 5.41) is 0.522. The number of thiocarbonyl (C=S) groups is 1. The molecule has 10 heteroatoms. The van der Waals surface area contributed by atoms with Crippen LogP contribution in [-0.4, -0.2) is 96.5 Å². The van der Waals surface area contributed by atoms with E-state index >= 15 is 0 Å². The van der Waals surface area contributed by atoms with Gasteiger partial charge in [0.05, 0.1) is 11.3 Å². The number of nitrogens with zero attached hydrogens (tertiary/aromatic N) is 5. The van der Waals surface area contributed by atoms with Crippen LogP contribution in [0.3, 0.4) is 0 Å². The van der Waals surface area contributed by atoms with Gasteiger partial charge in [-0.15, -0.1) is 0 Å². The summed E-state index contributed by atoms with van der Waals surface area (Å²) < 4.78 is 5.12. The molecule has 5 rings (SSSR count). The highest BCUT2D eigenvalue weighted by Crippen LogP contribution is 2.34. The zero-order chi connectivity index (χ0) is 31.4. The van der Waals surface area contributed by atoms with Gasteiger partial charge in [-0.1, -0.05) is 25.7 Å². The van der Waals surface area contributed by atoms with Gasteiger partial charge in [0.1, 0.15) is 12.1 Å². The molecule has 9 nitrogen and oxygen atoms in total. The minimum absolute atomic E-state index is 0.0449. The largest absolute Gasteiger partial charge is 0.457 e. The van der Waals surface area contributed by atoms with E-state index in [9.17, 15) is 14.4 Å². The van der Waals surface area contributed by atoms with Crippen molar-refractivity contribution in [3.05, 3.63) is 59.2 Å². The van der Waals surface area contributed by atoms with Gasteiger partial charge in [-0.3, -0.25) is 19.4 Å². The Labute approximate surface area is 266 Å². The van der Waals surface area contributed by atoms with Gasteiger partial charge in [0, 0.05) is 63.6 Å². The first kappa shape index (κ1) is 31.9. The molecule has 2 saturated heterocycles. The van der Waals surface area contributed by atoms with Crippen LogP contribution in [0.15, 0.2) is 42.5 Å². The van der Waals surface area contributed by atoms with Crippen molar-refractivity contribution in [1.29, 1.82) is 0 Å². The fourth-order valence-corrected chi connectivity index (χ4v) is 6.78. The van der Waals surface area contributed by atoms with Crippen molar-refractivity contribution in [2.75, 3.05) is 63.2 Å². The molecule has 0 unspecified atom stereocenters. The summed E-state index contributed by atoms with van der Waals surface area (Å²) in [6, 6.07) is 13.2. The molecule has 2 fully saturated rings. The molecule has 44 heavy (non-hydrogen) atoms. The van der Waals surface area contributed by atoms with Crippen molar-refractivity contribution in [2.24, 2.45) is 0 Å². The predicted molar refractivity (Wildman–Crippen MR) is 177 cm³/mol. The fraction of sp³-hybridized carbons (Fsp3) is 0.529. The van der Waals surface area contributed by atoms with Gasteiger partial charge in [0.15, 0.2) is 5.11 Å². The first-order valence-electron chi connectivity index (χ1n) is 15.8. The number of cyclic esters (lactones) is 1. The topological polar surface area (TPSA) is 76.6 Å². The Morgan fingerprint density at radius 2 is 1.52 bits per heavy atom. The van der Waals surface area contributed by atoms with E-state index in [1.54, 1.807) is 17.0 Å². The predicted octanol–water partition coefficient (Wildman–Crippen LogP) is 4.93. The summed E-state index contributed by atoms with van der Waals surface area (Å²) in [6.45, 7) is 9.34. The van der Waals surface area contributed by atoms with Crippen molar-refractivity contribution >= 4 is 46.5 Å². The molecule has 0 bridgehead atoms. The fourth-order valence-electron chi connectivity index (χ4n) is 6.27. The lowest BCUT2D eigenvalue weighted by Crippen LogP contribution is -2.48. The molecule has 3 aliphatic rings. The first-order chi connectivity index (χ1) is 21.1. The van der Waals surface area contributed by atoms with E-state index < -0.39 is 5.54 Å². The summed E-state index contributed by atoms with van der Waals surface area (Å²) in [7, 11) is 4.00. The Balaban J connectivity index is 0.972. The number of hydrogen-bond acceptors (Lipinski definition) is 7. The van der Waals surface area contributed by atoms with Gasteiger partial charge in [-0.25, -0.2) is 4.79 Å². The summed E-state index contributed by atoms with van der Waals surface area (Å²) in [5.41, 5.74) is 3.18. The quantitative estimate of drug-likeness (QED) is 0.188. The van der Waals surface area contributed by atoms with E-state index in [1.165, 1.54) is 19.3 Å². The maximum absolute atomic E-state index is 13.4. The molecule has 3 heterocycles. The van der Waals surface area contributed by atoms with E-state index in [0.29, 0.717) is 16.4 Å². The van der Waals surface area contributed by atoms with Gasteiger partial charge in [0.2, 0.25) is 0 Å². The van der Waals surface area contributed by atoms with Gasteiger partial charge < -0.3 is 19.4 Å². The Morgan fingerprint density at radius 1 is 0.886 bits per heavy atom. The highest BCUT2D eigenvalue weighted by atomic mass is 32.1. The summed E-state index contributed by atoms with van der Waals surface area (Å²) in [6.07, 6.45) is 6.79. The van der Waals surface area contributed by atoms with Crippen LogP contribution >= 0.6 is 12.2 Å². The number of carbonyl (C=O) groups is 3. The Hall–Kier alpha value is -3.50. The number of rotatable bonds is 12. The molecule has 2 amide bonds. The van der Waals surface area contributed by atoms with Gasteiger partial charge >= 0.3 is 5.97 Å². The number of benzene rings is 2. The Kier molecular flexibility index (Phi) is 9.90. The third-order valence-corrected chi connectivity index (χ3v) is 9.55. The maximum atomic E-state index is 13.4. The molecule has 0 aromatic heterocycles. The van der Waals surface area contributed by atoms with Gasteiger partial charge in [-0.2, -0.15) is 0 Å². The average molecular weight is 620 g/mol. The molecule has 2 aromatic carbocycles.